The Morgan fingerprint density at radius 2 is 1.81 bits per heavy atom. The minimum absolute atomic E-state index is 0. The lowest BCUT2D eigenvalue weighted by molar-refractivity contribution is -0.670. The number of hydrogen-bond acceptors (Lipinski definition) is 0. The highest BCUT2D eigenvalue weighted by Gasteiger charge is 2.06. The Bertz CT molecular complexity index is 599. The Morgan fingerprint density at radius 1 is 1.06 bits per heavy atom. The van der Waals surface area contributed by atoms with Crippen LogP contribution in [-0.4, -0.2) is 4.98 Å². The number of pyridine rings is 1. The molecule has 0 aliphatic heterocycles. The van der Waals surface area contributed by atoms with E-state index in [0.29, 0.717) is 0 Å². The molecule has 0 aliphatic carbocycles. The molecule has 0 spiro atoms. The van der Waals surface area contributed by atoms with Crippen LogP contribution in [0.15, 0.2) is 36.7 Å². The standard InChI is InChI=1S/C13H12N2.HI/c1-9-3-4-12-10(7-9)11-8-15(2)6-5-13(11)14-12;/h3-8H,1-2H3;1H. The minimum atomic E-state index is 0. The van der Waals surface area contributed by atoms with E-state index in [4.69, 9.17) is 0 Å². The van der Waals surface area contributed by atoms with E-state index in [0.717, 1.165) is 0 Å². The van der Waals surface area contributed by atoms with Gasteiger partial charge in [-0.1, -0.05) is 11.6 Å². The highest BCUT2D eigenvalue weighted by molar-refractivity contribution is 6.06. The molecule has 2 nitrogen and oxygen atoms in total. The van der Waals surface area contributed by atoms with Crippen LogP contribution in [0.2, 0.25) is 0 Å². The molecule has 0 atom stereocenters. The predicted octanol–water partition coefficient (Wildman–Crippen LogP) is -0.542. The first-order valence-corrected chi connectivity index (χ1v) is 5.11. The molecule has 16 heavy (non-hydrogen) atoms. The van der Waals surface area contributed by atoms with Crippen molar-refractivity contribution in [2.24, 2.45) is 7.05 Å². The summed E-state index contributed by atoms with van der Waals surface area (Å²) in [6.07, 6.45) is 4.22. The van der Waals surface area contributed by atoms with E-state index in [1.165, 1.54) is 27.4 Å². The number of aromatic amines is 1. The largest absolute Gasteiger partial charge is 1.00 e. The summed E-state index contributed by atoms with van der Waals surface area (Å²) in [6, 6.07) is 8.63. The van der Waals surface area contributed by atoms with Crippen molar-refractivity contribution in [1.29, 1.82) is 0 Å². The molecule has 3 rings (SSSR count). The Labute approximate surface area is 111 Å². The molecule has 0 radical (unpaired) electrons. The van der Waals surface area contributed by atoms with Gasteiger partial charge in [-0.3, -0.25) is 0 Å². The number of hydrogen-bond donors (Lipinski definition) is 1. The van der Waals surface area contributed by atoms with Crippen LogP contribution in [0.4, 0.5) is 0 Å². The van der Waals surface area contributed by atoms with Crippen LogP contribution in [0.3, 0.4) is 0 Å². The fourth-order valence-corrected chi connectivity index (χ4v) is 2.06. The summed E-state index contributed by atoms with van der Waals surface area (Å²) in [5, 5.41) is 2.60. The second-order valence-corrected chi connectivity index (χ2v) is 4.11. The normalized spacial score (nSPS) is 10.6. The molecule has 0 bridgehead atoms. The number of H-pyrrole nitrogens is 1. The third-order valence-corrected chi connectivity index (χ3v) is 2.83. The van der Waals surface area contributed by atoms with Gasteiger partial charge in [-0.25, -0.2) is 4.57 Å². The van der Waals surface area contributed by atoms with Gasteiger partial charge in [0.05, 0.1) is 10.9 Å². The second-order valence-electron chi connectivity index (χ2n) is 4.11. The Hall–Kier alpha value is -1.10. The van der Waals surface area contributed by atoms with Gasteiger partial charge in [0.2, 0.25) is 0 Å². The predicted molar refractivity (Wildman–Crippen MR) is 61.7 cm³/mol. The monoisotopic (exact) mass is 324 g/mol. The van der Waals surface area contributed by atoms with Crippen LogP contribution in [0.1, 0.15) is 5.56 Å². The molecular formula is C13H13IN2. The van der Waals surface area contributed by atoms with Gasteiger partial charge in [0, 0.05) is 17.0 Å². The summed E-state index contributed by atoms with van der Waals surface area (Å²) in [7, 11) is 2.05. The fourth-order valence-electron chi connectivity index (χ4n) is 2.06. The van der Waals surface area contributed by atoms with Crippen molar-refractivity contribution in [2.75, 3.05) is 0 Å². The van der Waals surface area contributed by atoms with E-state index in [1.807, 2.05) is 7.05 Å². The number of aryl methyl sites for hydroxylation is 2. The minimum Gasteiger partial charge on any atom is -1.00 e. The molecule has 3 aromatic rings. The highest BCUT2D eigenvalue weighted by Crippen LogP contribution is 2.24. The lowest BCUT2D eigenvalue weighted by Gasteiger charge is -1.92. The number of halogens is 1. The van der Waals surface area contributed by atoms with Crippen LogP contribution in [0.5, 0.6) is 0 Å². The first-order valence-electron chi connectivity index (χ1n) is 5.11. The quantitative estimate of drug-likeness (QED) is 0.423. The third kappa shape index (κ3) is 1.69. The van der Waals surface area contributed by atoms with Gasteiger partial charge in [-0.2, -0.15) is 0 Å². The van der Waals surface area contributed by atoms with Crippen molar-refractivity contribution in [3.63, 3.8) is 0 Å². The highest BCUT2D eigenvalue weighted by atomic mass is 127. The van der Waals surface area contributed by atoms with Crippen LogP contribution in [0, 0.1) is 6.92 Å². The maximum Gasteiger partial charge on any atom is 0.178 e. The Kier molecular flexibility index (Phi) is 2.88. The van der Waals surface area contributed by atoms with Crippen LogP contribution in [-0.2, 0) is 7.05 Å². The van der Waals surface area contributed by atoms with E-state index in [2.05, 4.69) is 53.1 Å². The van der Waals surface area contributed by atoms with Gasteiger partial charge < -0.3 is 29.0 Å². The van der Waals surface area contributed by atoms with Gasteiger partial charge in [-0.15, -0.1) is 0 Å². The number of benzene rings is 1. The number of nitrogens with one attached hydrogen (secondary N) is 1. The smallest absolute Gasteiger partial charge is 0.178 e. The number of aromatic nitrogens is 2. The first kappa shape index (κ1) is 11.4. The van der Waals surface area contributed by atoms with Crippen LogP contribution >= 0.6 is 0 Å². The molecular weight excluding hydrogens is 311 g/mol. The molecule has 1 aromatic carbocycles. The van der Waals surface area contributed by atoms with Crippen molar-refractivity contribution in [3.05, 3.63) is 42.2 Å². The average Bonchev–Trinajstić information content (AvgIpc) is 2.56. The molecule has 82 valence electrons. The Morgan fingerprint density at radius 3 is 2.62 bits per heavy atom. The fraction of sp³-hybridized carbons (Fsp3) is 0.154. The molecule has 0 unspecified atom stereocenters. The van der Waals surface area contributed by atoms with Crippen molar-refractivity contribution in [1.82, 2.24) is 4.98 Å². The van der Waals surface area contributed by atoms with Crippen molar-refractivity contribution in [2.45, 2.75) is 6.92 Å². The maximum absolute atomic E-state index is 3.42. The molecule has 0 saturated carbocycles. The zero-order valence-electron chi connectivity index (χ0n) is 9.29. The number of nitrogens with zero attached hydrogens (tertiary/aromatic N) is 1. The van der Waals surface area contributed by atoms with Gasteiger partial charge >= 0.3 is 0 Å². The SMILES string of the molecule is Cc1ccc2[nH]c3cc[n+](C)cc3c2c1.[I-]. The zero-order chi connectivity index (χ0) is 10.4. The molecule has 0 amide bonds. The van der Waals surface area contributed by atoms with Crippen LogP contribution < -0.4 is 28.5 Å². The van der Waals surface area contributed by atoms with Gasteiger partial charge in [-0.05, 0) is 19.1 Å². The summed E-state index contributed by atoms with van der Waals surface area (Å²) in [5.41, 5.74) is 3.71. The molecule has 0 saturated heterocycles. The maximum atomic E-state index is 3.42. The molecule has 3 heteroatoms. The molecule has 0 fully saturated rings. The summed E-state index contributed by atoms with van der Waals surface area (Å²) in [5.74, 6) is 0. The summed E-state index contributed by atoms with van der Waals surface area (Å²) >= 11 is 0. The van der Waals surface area contributed by atoms with Crippen molar-refractivity contribution in [3.8, 4) is 0 Å². The van der Waals surface area contributed by atoms with Gasteiger partial charge in [0.1, 0.15) is 7.05 Å². The first-order chi connectivity index (χ1) is 7.24. The van der Waals surface area contributed by atoms with E-state index >= 15 is 0 Å². The molecule has 0 aliphatic rings. The number of rotatable bonds is 0. The average molecular weight is 324 g/mol. The summed E-state index contributed by atoms with van der Waals surface area (Å²) in [6.45, 7) is 2.13. The summed E-state index contributed by atoms with van der Waals surface area (Å²) in [4.78, 5) is 3.42. The lowest BCUT2D eigenvalue weighted by Crippen LogP contribution is -3.00. The third-order valence-electron chi connectivity index (χ3n) is 2.83. The lowest BCUT2D eigenvalue weighted by atomic mass is 10.1. The topological polar surface area (TPSA) is 19.7 Å². The molecule has 2 heterocycles. The van der Waals surface area contributed by atoms with E-state index in [9.17, 15) is 0 Å². The second kappa shape index (κ2) is 4.05. The Balaban J connectivity index is 0.000000963. The number of fused-ring (bicyclic) bond motifs is 3. The molecule has 2 aromatic heterocycles. The van der Waals surface area contributed by atoms with E-state index < -0.39 is 0 Å². The van der Waals surface area contributed by atoms with Crippen molar-refractivity contribution < 1.29 is 28.5 Å². The van der Waals surface area contributed by atoms with E-state index in [1.54, 1.807) is 0 Å². The van der Waals surface area contributed by atoms with E-state index in [-0.39, 0.29) is 24.0 Å². The van der Waals surface area contributed by atoms with Crippen molar-refractivity contribution >= 4 is 21.8 Å². The van der Waals surface area contributed by atoms with Gasteiger partial charge in [0.15, 0.2) is 12.4 Å². The van der Waals surface area contributed by atoms with Gasteiger partial charge in [0.25, 0.3) is 0 Å². The zero-order valence-corrected chi connectivity index (χ0v) is 11.4. The summed E-state index contributed by atoms with van der Waals surface area (Å²) < 4.78 is 2.08. The molecule has 1 N–H and O–H groups in total. The van der Waals surface area contributed by atoms with Crippen LogP contribution in [0.25, 0.3) is 21.8 Å².